The van der Waals surface area contributed by atoms with Gasteiger partial charge in [-0.1, -0.05) is 0 Å². The smallest absolute Gasteiger partial charge is 0.233 e. The first-order valence-electron chi connectivity index (χ1n) is 4.66. The highest BCUT2D eigenvalue weighted by Gasteiger charge is 2.27. The Morgan fingerprint density at radius 3 is 2.53 bits per heavy atom. The van der Waals surface area contributed by atoms with Crippen molar-refractivity contribution in [1.82, 2.24) is 4.98 Å². The summed E-state index contributed by atoms with van der Waals surface area (Å²) in [7, 11) is 0. The van der Waals surface area contributed by atoms with Crippen LogP contribution in [0.25, 0.3) is 0 Å². The maximum Gasteiger partial charge on any atom is 0.233 e. The van der Waals surface area contributed by atoms with Crippen molar-refractivity contribution in [3.63, 3.8) is 0 Å². The minimum atomic E-state index is -0.135. The third-order valence-electron chi connectivity index (χ3n) is 2.25. The predicted molar refractivity (Wildman–Crippen MR) is 58.3 cm³/mol. The van der Waals surface area contributed by atoms with Crippen molar-refractivity contribution in [1.29, 1.82) is 0 Å². The van der Waals surface area contributed by atoms with E-state index in [1.54, 1.807) is 18.3 Å². The Hall–Kier alpha value is -1.23. The zero-order valence-electron chi connectivity index (χ0n) is 7.94. The molecule has 2 rings (SSSR count). The van der Waals surface area contributed by atoms with Crippen molar-refractivity contribution < 1.29 is 9.59 Å². The number of amides is 2. The largest absolute Gasteiger partial charge is 0.274 e. The van der Waals surface area contributed by atoms with Gasteiger partial charge in [-0.25, -0.2) is 4.98 Å². The lowest BCUT2D eigenvalue weighted by atomic mass is 10.1. The van der Waals surface area contributed by atoms with Gasteiger partial charge in [-0.15, -0.1) is 0 Å². The van der Waals surface area contributed by atoms with E-state index in [1.165, 1.54) is 4.90 Å². The first-order valence-corrected chi connectivity index (χ1v) is 5.45. The van der Waals surface area contributed by atoms with E-state index < -0.39 is 0 Å². The molecule has 78 valence electrons. The Labute approximate surface area is 95.4 Å². The van der Waals surface area contributed by atoms with Crippen LogP contribution in [0.4, 0.5) is 5.69 Å². The number of carbonyl (C=O) groups is 2. The molecule has 15 heavy (non-hydrogen) atoms. The van der Waals surface area contributed by atoms with Gasteiger partial charge in [-0.3, -0.25) is 14.5 Å². The number of hydrogen-bond donors (Lipinski definition) is 0. The highest BCUT2D eigenvalue weighted by Crippen LogP contribution is 2.23. The highest BCUT2D eigenvalue weighted by molar-refractivity contribution is 9.10. The zero-order valence-corrected chi connectivity index (χ0v) is 9.53. The predicted octanol–water partition coefficient (Wildman–Crippen LogP) is 1.89. The third kappa shape index (κ3) is 2.07. The third-order valence-corrected chi connectivity index (χ3v) is 2.68. The number of piperidine rings is 1. The van der Waals surface area contributed by atoms with Gasteiger partial charge in [0.15, 0.2) is 0 Å². The van der Waals surface area contributed by atoms with E-state index in [-0.39, 0.29) is 11.8 Å². The lowest BCUT2D eigenvalue weighted by Crippen LogP contribution is -2.40. The molecular formula is C10H9BrN2O2. The number of nitrogens with zero attached hydrogens (tertiary/aromatic N) is 2. The van der Waals surface area contributed by atoms with Crippen molar-refractivity contribution in [3.05, 3.63) is 22.9 Å². The van der Waals surface area contributed by atoms with Crippen LogP contribution in [0, 0.1) is 0 Å². The van der Waals surface area contributed by atoms with Crippen LogP contribution in [0.2, 0.25) is 0 Å². The molecule has 0 aromatic carbocycles. The second-order valence-electron chi connectivity index (χ2n) is 3.31. The van der Waals surface area contributed by atoms with Gasteiger partial charge in [0.2, 0.25) is 11.8 Å². The molecule has 0 N–H and O–H groups in total. The zero-order chi connectivity index (χ0) is 10.8. The fourth-order valence-electron chi connectivity index (χ4n) is 1.57. The van der Waals surface area contributed by atoms with Crippen LogP contribution in [0.1, 0.15) is 19.3 Å². The molecule has 1 aromatic rings. The van der Waals surface area contributed by atoms with Gasteiger partial charge in [0.1, 0.15) is 4.60 Å². The average molecular weight is 269 g/mol. The molecule has 0 atom stereocenters. The quantitative estimate of drug-likeness (QED) is 0.577. The second-order valence-corrected chi connectivity index (χ2v) is 4.13. The fourth-order valence-corrected chi connectivity index (χ4v) is 1.93. The van der Waals surface area contributed by atoms with Crippen LogP contribution in [-0.4, -0.2) is 16.8 Å². The molecule has 0 bridgehead atoms. The Kier molecular flexibility index (Phi) is 2.81. The number of rotatable bonds is 1. The first-order chi connectivity index (χ1) is 7.18. The number of carbonyl (C=O) groups excluding carboxylic acids is 2. The van der Waals surface area contributed by atoms with E-state index in [9.17, 15) is 9.59 Å². The van der Waals surface area contributed by atoms with Gasteiger partial charge in [0, 0.05) is 19.0 Å². The van der Waals surface area contributed by atoms with Crippen molar-refractivity contribution in [3.8, 4) is 0 Å². The molecule has 0 radical (unpaired) electrons. The minimum absolute atomic E-state index is 0.135. The molecule has 1 fully saturated rings. The van der Waals surface area contributed by atoms with E-state index in [4.69, 9.17) is 0 Å². The Morgan fingerprint density at radius 2 is 1.93 bits per heavy atom. The van der Waals surface area contributed by atoms with Gasteiger partial charge in [-0.05, 0) is 34.5 Å². The van der Waals surface area contributed by atoms with Crippen LogP contribution in [0.5, 0.6) is 0 Å². The monoisotopic (exact) mass is 268 g/mol. The standard InChI is InChI=1S/C10H9BrN2O2/c11-8-6-7(4-5-12-8)13-9(14)2-1-3-10(13)15/h4-6H,1-3H2. The topological polar surface area (TPSA) is 50.3 Å². The van der Waals surface area contributed by atoms with E-state index in [2.05, 4.69) is 20.9 Å². The minimum Gasteiger partial charge on any atom is -0.274 e. The molecule has 5 heteroatoms. The van der Waals surface area contributed by atoms with E-state index >= 15 is 0 Å². The number of halogens is 1. The van der Waals surface area contributed by atoms with Crippen molar-refractivity contribution >= 4 is 33.4 Å². The molecule has 2 heterocycles. The lowest BCUT2D eigenvalue weighted by molar-refractivity contribution is -0.129. The average Bonchev–Trinajstić information content (AvgIpc) is 2.17. The number of hydrogen-bond acceptors (Lipinski definition) is 3. The molecule has 1 saturated heterocycles. The van der Waals surface area contributed by atoms with Gasteiger partial charge >= 0.3 is 0 Å². The van der Waals surface area contributed by atoms with Crippen LogP contribution < -0.4 is 4.90 Å². The lowest BCUT2D eigenvalue weighted by Gasteiger charge is -2.24. The summed E-state index contributed by atoms with van der Waals surface area (Å²) < 4.78 is 0.617. The van der Waals surface area contributed by atoms with Crippen molar-refractivity contribution in [2.24, 2.45) is 0 Å². The highest BCUT2D eigenvalue weighted by atomic mass is 79.9. The molecule has 1 aliphatic rings. The maximum atomic E-state index is 11.6. The van der Waals surface area contributed by atoms with Gasteiger partial charge < -0.3 is 0 Å². The SMILES string of the molecule is O=C1CCCC(=O)N1c1ccnc(Br)c1. The number of pyridine rings is 1. The summed E-state index contributed by atoms with van der Waals surface area (Å²) in [6, 6.07) is 3.33. The van der Waals surface area contributed by atoms with Crippen LogP contribution >= 0.6 is 15.9 Å². The van der Waals surface area contributed by atoms with Crippen LogP contribution in [0.15, 0.2) is 22.9 Å². The van der Waals surface area contributed by atoms with E-state index in [0.717, 1.165) is 0 Å². The van der Waals surface area contributed by atoms with Crippen molar-refractivity contribution in [2.45, 2.75) is 19.3 Å². The molecule has 1 aromatic heterocycles. The summed E-state index contributed by atoms with van der Waals surface area (Å²) in [6.07, 6.45) is 3.09. The van der Waals surface area contributed by atoms with Crippen molar-refractivity contribution in [2.75, 3.05) is 4.90 Å². The van der Waals surface area contributed by atoms with Gasteiger partial charge in [-0.2, -0.15) is 0 Å². The number of anilines is 1. The summed E-state index contributed by atoms with van der Waals surface area (Å²) in [4.78, 5) is 28.4. The molecule has 0 saturated carbocycles. The summed E-state index contributed by atoms with van der Waals surface area (Å²) in [5.41, 5.74) is 0.589. The Morgan fingerprint density at radius 1 is 1.27 bits per heavy atom. The van der Waals surface area contributed by atoms with Crippen LogP contribution in [0.3, 0.4) is 0 Å². The summed E-state index contributed by atoms with van der Waals surface area (Å²) in [5.74, 6) is -0.270. The van der Waals surface area contributed by atoms with Crippen LogP contribution in [-0.2, 0) is 9.59 Å². The van der Waals surface area contributed by atoms with Gasteiger partial charge in [0.25, 0.3) is 0 Å². The molecule has 0 unspecified atom stereocenters. The molecule has 1 aliphatic heterocycles. The second kappa shape index (κ2) is 4.10. The molecule has 0 spiro atoms. The molecule has 0 aliphatic carbocycles. The molecular weight excluding hydrogens is 260 g/mol. The van der Waals surface area contributed by atoms with E-state index in [0.29, 0.717) is 29.6 Å². The molecule has 4 nitrogen and oxygen atoms in total. The fraction of sp³-hybridized carbons (Fsp3) is 0.300. The summed E-state index contributed by atoms with van der Waals surface area (Å²) in [5, 5.41) is 0. The van der Waals surface area contributed by atoms with Gasteiger partial charge in [0.05, 0.1) is 5.69 Å². The summed E-state index contributed by atoms with van der Waals surface area (Å²) >= 11 is 3.21. The normalized spacial score (nSPS) is 17.0. The Bertz CT molecular complexity index is 404. The molecule has 2 amide bonds. The van der Waals surface area contributed by atoms with E-state index in [1.807, 2.05) is 0 Å². The first kappa shape index (κ1) is 10.3. The summed E-state index contributed by atoms with van der Waals surface area (Å²) in [6.45, 7) is 0. The Balaban J connectivity index is 2.35. The number of aromatic nitrogens is 1. The number of imide groups is 1. The maximum absolute atomic E-state index is 11.6.